The van der Waals surface area contributed by atoms with Crippen LogP contribution in [-0.4, -0.2) is 33.5 Å². The normalized spacial score (nSPS) is 11.7. The van der Waals surface area contributed by atoms with Crippen LogP contribution >= 0.6 is 22.9 Å². The minimum Gasteiger partial charge on any atom is -0.484 e. The van der Waals surface area contributed by atoms with E-state index in [9.17, 15) is 22.4 Å². The number of ether oxygens (including phenoxy) is 1. The number of halogens is 5. The minimum absolute atomic E-state index is 0.0438. The number of rotatable bonds is 6. The molecule has 172 valence electrons. The number of aromatic nitrogens is 3. The number of hydrogen-bond acceptors (Lipinski definition) is 5. The van der Waals surface area contributed by atoms with Gasteiger partial charge in [0.1, 0.15) is 16.7 Å². The van der Waals surface area contributed by atoms with Crippen molar-refractivity contribution in [1.82, 2.24) is 14.8 Å². The van der Waals surface area contributed by atoms with Crippen molar-refractivity contribution in [2.24, 2.45) is 0 Å². The third-order valence-corrected chi connectivity index (χ3v) is 5.84. The second-order valence-electron chi connectivity index (χ2n) is 7.04. The number of aryl methyl sites for hydroxylation is 1. The number of nitrogens with one attached hydrogen (secondary N) is 1. The second-order valence-corrected chi connectivity index (χ2v) is 8.43. The lowest BCUT2D eigenvalue weighted by atomic mass is 10.2. The standard InChI is InChI=1S/C21H15ClF4N4O2S/c1-11-17(18(22)30(29-11)9-12-2-4-13(23)5-3-12)19(31)28-20-27-15-7-6-14(8-16(15)33-20)32-10-21(24,25)26/h2-8H,9-10H2,1H3,(H,27,28,31). The van der Waals surface area contributed by atoms with Crippen molar-refractivity contribution in [3.8, 4) is 5.75 Å². The largest absolute Gasteiger partial charge is 0.484 e. The smallest absolute Gasteiger partial charge is 0.422 e. The Kier molecular flexibility index (Phi) is 6.26. The summed E-state index contributed by atoms with van der Waals surface area (Å²) < 4.78 is 56.9. The molecule has 6 nitrogen and oxygen atoms in total. The summed E-state index contributed by atoms with van der Waals surface area (Å²) in [4.78, 5) is 17.1. The molecule has 1 N–H and O–H groups in total. The van der Waals surface area contributed by atoms with Gasteiger partial charge in [0.2, 0.25) is 0 Å². The van der Waals surface area contributed by atoms with Crippen LogP contribution in [0.1, 0.15) is 21.6 Å². The molecule has 2 aromatic heterocycles. The van der Waals surface area contributed by atoms with Gasteiger partial charge in [-0.1, -0.05) is 35.1 Å². The lowest BCUT2D eigenvalue weighted by molar-refractivity contribution is -0.153. The van der Waals surface area contributed by atoms with E-state index in [0.29, 0.717) is 15.9 Å². The molecule has 12 heteroatoms. The SMILES string of the molecule is Cc1nn(Cc2ccc(F)cc2)c(Cl)c1C(=O)Nc1nc2ccc(OCC(F)(F)F)cc2s1. The molecule has 0 aliphatic rings. The van der Waals surface area contributed by atoms with Gasteiger partial charge in [0.25, 0.3) is 5.91 Å². The molecule has 2 heterocycles. The van der Waals surface area contributed by atoms with Gasteiger partial charge in [0.05, 0.1) is 28.0 Å². The number of carbonyl (C=O) groups is 1. The monoisotopic (exact) mass is 498 g/mol. The van der Waals surface area contributed by atoms with Crippen LogP contribution in [0.15, 0.2) is 42.5 Å². The molecule has 0 spiro atoms. The third kappa shape index (κ3) is 5.42. The van der Waals surface area contributed by atoms with Gasteiger partial charge in [-0.15, -0.1) is 0 Å². The molecule has 33 heavy (non-hydrogen) atoms. The topological polar surface area (TPSA) is 69.0 Å². The maximum Gasteiger partial charge on any atom is 0.422 e. The Morgan fingerprint density at radius 1 is 1.21 bits per heavy atom. The molecule has 0 aliphatic carbocycles. The van der Waals surface area contributed by atoms with Crippen LogP contribution in [0.3, 0.4) is 0 Å². The number of thiazole rings is 1. The number of anilines is 1. The van der Waals surface area contributed by atoms with Crippen LogP contribution in [0, 0.1) is 12.7 Å². The first-order valence-electron chi connectivity index (χ1n) is 9.48. The van der Waals surface area contributed by atoms with Gasteiger partial charge in [-0.25, -0.2) is 14.1 Å². The van der Waals surface area contributed by atoms with Crippen LogP contribution in [0.25, 0.3) is 10.2 Å². The van der Waals surface area contributed by atoms with E-state index in [1.165, 1.54) is 35.0 Å². The average Bonchev–Trinajstić information content (AvgIpc) is 3.26. The van der Waals surface area contributed by atoms with E-state index in [1.807, 2.05) is 0 Å². The van der Waals surface area contributed by atoms with Crippen LogP contribution in [0.4, 0.5) is 22.7 Å². The molecule has 2 aromatic carbocycles. The Bertz CT molecular complexity index is 1320. The van der Waals surface area contributed by atoms with Gasteiger partial charge in [-0.2, -0.15) is 18.3 Å². The van der Waals surface area contributed by atoms with Crippen LogP contribution < -0.4 is 10.1 Å². The molecule has 1 amide bonds. The van der Waals surface area contributed by atoms with Crippen molar-refractivity contribution >= 4 is 44.2 Å². The summed E-state index contributed by atoms with van der Waals surface area (Å²) in [5.74, 6) is -0.853. The predicted molar refractivity (Wildman–Crippen MR) is 117 cm³/mol. The van der Waals surface area contributed by atoms with Crippen molar-refractivity contribution in [2.45, 2.75) is 19.6 Å². The lowest BCUT2D eigenvalue weighted by Crippen LogP contribution is -2.19. The molecule has 0 unspecified atom stereocenters. The first-order valence-corrected chi connectivity index (χ1v) is 10.7. The molecular weight excluding hydrogens is 484 g/mol. The highest BCUT2D eigenvalue weighted by molar-refractivity contribution is 7.22. The maximum atomic E-state index is 13.1. The fourth-order valence-corrected chi connectivity index (χ4v) is 4.26. The summed E-state index contributed by atoms with van der Waals surface area (Å²) >= 11 is 7.46. The second kappa shape index (κ2) is 8.99. The molecule has 0 bridgehead atoms. The molecule has 0 atom stereocenters. The fraction of sp³-hybridized carbons (Fsp3) is 0.190. The van der Waals surface area contributed by atoms with E-state index in [1.54, 1.807) is 19.1 Å². The van der Waals surface area contributed by atoms with Crippen molar-refractivity contribution in [1.29, 1.82) is 0 Å². The number of alkyl halides is 3. The van der Waals surface area contributed by atoms with Gasteiger partial charge in [0, 0.05) is 0 Å². The van der Waals surface area contributed by atoms with Gasteiger partial charge >= 0.3 is 6.18 Å². The molecule has 4 rings (SSSR count). The number of fused-ring (bicyclic) bond motifs is 1. The number of nitrogens with zero attached hydrogens (tertiary/aromatic N) is 3. The summed E-state index contributed by atoms with van der Waals surface area (Å²) in [5, 5.41) is 7.29. The summed E-state index contributed by atoms with van der Waals surface area (Å²) in [5.41, 5.74) is 1.79. The Labute approximate surface area is 193 Å². The lowest BCUT2D eigenvalue weighted by Gasteiger charge is -2.08. The minimum atomic E-state index is -4.44. The van der Waals surface area contributed by atoms with E-state index < -0.39 is 18.7 Å². The molecule has 4 aromatic rings. The summed E-state index contributed by atoms with van der Waals surface area (Å²) in [6.45, 7) is 0.472. The van der Waals surface area contributed by atoms with Crippen LogP contribution in [0.5, 0.6) is 5.75 Å². The van der Waals surface area contributed by atoms with Gasteiger partial charge in [-0.05, 0) is 42.8 Å². The molecule has 0 saturated heterocycles. The van der Waals surface area contributed by atoms with Crippen molar-refractivity contribution < 1.29 is 27.1 Å². The molecule has 0 fully saturated rings. The highest BCUT2D eigenvalue weighted by Crippen LogP contribution is 2.31. The van der Waals surface area contributed by atoms with E-state index >= 15 is 0 Å². The van der Waals surface area contributed by atoms with E-state index in [-0.39, 0.29) is 34.0 Å². The Morgan fingerprint density at radius 2 is 1.94 bits per heavy atom. The first kappa shape index (κ1) is 23.0. The van der Waals surface area contributed by atoms with Crippen molar-refractivity contribution in [3.05, 3.63) is 70.3 Å². The third-order valence-electron chi connectivity index (χ3n) is 4.52. The summed E-state index contributed by atoms with van der Waals surface area (Å²) in [6, 6.07) is 10.1. The molecule has 0 saturated carbocycles. The van der Waals surface area contributed by atoms with Gasteiger partial charge in [0.15, 0.2) is 11.7 Å². The summed E-state index contributed by atoms with van der Waals surface area (Å²) in [6.07, 6.45) is -4.44. The Balaban J connectivity index is 1.50. The summed E-state index contributed by atoms with van der Waals surface area (Å²) in [7, 11) is 0. The van der Waals surface area contributed by atoms with E-state index in [2.05, 4.69) is 15.4 Å². The Morgan fingerprint density at radius 3 is 2.64 bits per heavy atom. The van der Waals surface area contributed by atoms with Crippen LogP contribution in [-0.2, 0) is 6.54 Å². The van der Waals surface area contributed by atoms with Crippen LogP contribution in [0.2, 0.25) is 5.15 Å². The number of hydrogen-bond donors (Lipinski definition) is 1. The quantitative estimate of drug-likeness (QED) is 0.339. The molecular formula is C21H15ClF4N4O2S. The highest BCUT2D eigenvalue weighted by atomic mass is 35.5. The van der Waals surface area contributed by atoms with Gasteiger partial charge < -0.3 is 4.74 Å². The van der Waals surface area contributed by atoms with Crippen molar-refractivity contribution in [3.63, 3.8) is 0 Å². The Hall–Kier alpha value is -3.18. The number of benzene rings is 2. The number of amides is 1. The average molecular weight is 499 g/mol. The predicted octanol–water partition coefficient (Wildman–Crippen LogP) is 5.84. The van der Waals surface area contributed by atoms with E-state index in [4.69, 9.17) is 16.3 Å². The van der Waals surface area contributed by atoms with Gasteiger partial charge in [-0.3, -0.25) is 10.1 Å². The zero-order chi connectivity index (χ0) is 23.8. The highest BCUT2D eigenvalue weighted by Gasteiger charge is 2.28. The number of carbonyl (C=O) groups excluding carboxylic acids is 1. The zero-order valence-electron chi connectivity index (χ0n) is 16.9. The van der Waals surface area contributed by atoms with Crippen molar-refractivity contribution in [2.75, 3.05) is 11.9 Å². The first-order chi connectivity index (χ1) is 15.6. The van der Waals surface area contributed by atoms with E-state index in [0.717, 1.165) is 16.9 Å². The zero-order valence-corrected chi connectivity index (χ0v) is 18.5. The maximum absolute atomic E-state index is 13.1. The fourth-order valence-electron chi connectivity index (χ4n) is 3.05. The molecule has 0 aliphatic heterocycles. The molecule has 0 radical (unpaired) electrons.